The third kappa shape index (κ3) is 19.8. The molecule has 2 fully saturated rings. The Morgan fingerprint density at radius 3 is 0.977 bits per heavy atom. The van der Waals surface area contributed by atoms with E-state index in [-0.39, 0.29) is 49.9 Å². The first kappa shape index (κ1) is 90.8. The molecule has 0 amide bonds. The second-order valence-electron chi connectivity index (χ2n) is 33.6. The number of sulfonamides is 2. The number of aryl methyl sites for hydroxylation is 13. The Morgan fingerprint density at radius 1 is 0.333 bits per heavy atom. The van der Waals surface area contributed by atoms with E-state index < -0.39 is 20.0 Å². The number of aromatic nitrogens is 17. The highest BCUT2D eigenvalue weighted by Crippen LogP contribution is 2.31. The van der Waals surface area contributed by atoms with Crippen LogP contribution in [-0.2, 0) is 84.0 Å². The van der Waals surface area contributed by atoms with Gasteiger partial charge in [-0.2, -0.15) is 0 Å². The molecule has 2 saturated heterocycles. The van der Waals surface area contributed by atoms with Crippen LogP contribution in [0.15, 0.2) is 279 Å². The Kier molecular flexibility index (Phi) is 26.3. The summed E-state index contributed by atoms with van der Waals surface area (Å²) in [5.74, 6) is 0. The number of nitrogens with one attached hydrogen (secondary N) is 2. The van der Waals surface area contributed by atoms with Gasteiger partial charge in [-0.1, -0.05) is 42.5 Å². The first-order chi connectivity index (χ1) is 63.3. The summed E-state index contributed by atoms with van der Waals surface area (Å²) in [7, 11) is 1.28. The van der Waals surface area contributed by atoms with E-state index in [9.17, 15) is 40.8 Å². The van der Waals surface area contributed by atoms with Crippen LogP contribution in [0.3, 0.4) is 0 Å². The SMILES string of the molecule is Cc1cc(-c2ccc3ncc(S(=O)(=O)NC4CCOC4)n3c2)cn(C)c1=O.Cc1cc(-c2ccc3ncc(S(=O)(=O)NC4CCOC4)n3c2)cn(C)c1=O.Cc1nc2ccc(-c3cc(C)c(=O)n(C)c3)cn2c1Cc1ccccc1.Cc1nc2ccc(-c3cc(C)c(=O)n(C)c3)cn2c1Cc1ccccn1.Cc1nc2ccc(-c3cc(C)c(=O)n(C)c3)cn2c1Cc1cccnc1. The van der Waals surface area contributed by atoms with Crippen molar-refractivity contribution in [3.8, 4) is 55.6 Å². The summed E-state index contributed by atoms with van der Waals surface area (Å²) < 4.78 is 84.4. The number of nitrogens with zero attached hydrogens (tertiary/aromatic N) is 17. The maximum absolute atomic E-state index is 12.8. The fourth-order valence-electron chi connectivity index (χ4n) is 16.6. The van der Waals surface area contributed by atoms with Crippen LogP contribution in [0.25, 0.3) is 83.9 Å². The topological polar surface area (TPSA) is 333 Å². The Morgan fingerprint density at radius 2 is 0.659 bits per heavy atom. The molecule has 2 atom stereocenters. The van der Waals surface area contributed by atoms with Gasteiger partial charge >= 0.3 is 0 Å². The van der Waals surface area contributed by atoms with Crippen LogP contribution in [0.2, 0.25) is 0 Å². The van der Waals surface area contributed by atoms with Gasteiger partial charge in [0, 0.05) is 205 Å². The van der Waals surface area contributed by atoms with E-state index >= 15 is 0 Å². The van der Waals surface area contributed by atoms with Crippen molar-refractivity contribution >= 4 is 48.3 Å². The predicted octanol–water partition coefficient (Wildman–Crippen LogP) is 12.7. The number of hydrogen-bond donors (Lipinski definition) is 2. The molecule has 17 aromatic heterocycles. The summed E-state index contributed by atoms with van der Waals surface area (Å²) in [6, 6.07) is 48.8. The summed E-state index contributed by atoms with van der Waals surface area (Å²) in [5, 5.41) is 0.153. The summed E-state index contributed by atoms with van der Waals surface area (Å²) >= 11 is 0. The zero-order valence-corrected chi connectivity index (χ0v) is 77.2. The molecular weight excluding hydrogens is 1710 g/mol. The molecule has 20 rings (SSSR count). The lowest BCUT2D eigenvalue weighted by Crippen LogP contribution is -2.35. The van der Waals surface area contributed by atoms with Gasteiger partial charge in [-0.05, 0) is 244 Å². The van der Waals surface area contributed by atoms with Crippen molar-refractivity contribution in [2.24, 2.45) is 35.2 Å². The minimum Gasteiger partial charge on any atom is -0.380 e. The van der Waals surface area contributed by atoms with Crippen LogP contribution < -0.4 is 37.2 Å². The van der Waals surface area contributed by atoms with Crippen molar-refractivity contribution in [1.29, 1.82) is 0 Å². The van der Waals surface area contributed by atoms with Crippen molar-refractivity contribution in [3.05, 3.63) is 375 Å². The molecule has 32 heteroatoms. The van der Waals surface area contributed by atoms with Crippen LogP contribution in [0.4, 0.5) is 0 Å². The zero-order chi connectivity index (χ0) is 93.1. The highest BCUT2D eigenvalue weighted by molar-refractivity contribution is 7.89. The number of pyridine rings is 12. The van der Waals surface area contributed by atoms with Crippen LogP contribution in [0.5, 0.6) is 0 Å². The molecule has 19 heterocycles. The molecule has 0 radical (unpaired) electrons. The maximum Gasteiger partial charge on any atom is 0.258 e. The average molecular weight is 1810 g/mol. The molecule has 1 aromatic carbocycles. The molecule has 0 aliphatic carbocycles. The lowest BCUT2D eigenvalue weighted by atomic mass is 10.1. The van der Waals surface area contributed by atoms with Gasteiger partial charge in [0.05, 0.1) is 48.4 Å². The standard InChI is InChI=1S/C22H21N3O.2C21H20N4O.2C18H20N4O4S/c1-15-11-19(13-24(3)22(15)26)18-9-10-21-23-16(2)20(25(21)14-18)12-17-7-5-4-6-8-17;1-14-9-18(12-24(3)21(14)26)17-6-7-20-23-15(2)19(25(20)13-17)10-16-5-4-8-22-11-16;1-14-10-17(12-24(3)21(14)26)16-7-8-20-23-15(2)19(25(20)13-16)11-18-6-4-5-9-22-18;2*1-12-7-14(9-21(2)18(12)23)13-3-4-16-19-8-17(22(16)10-13)27(24,25)20-15-5-6-26-11-15/h4-11,13-14H,12H2,1-3H3;4-9,11-13H,10H2,1-3H3;4-10,12-13H,11H2,1-3H3;2*3-4,7-10,15,20H,5-6,11H2,1-2H3. The first-order valence-corrected chi connectivity index (χ1v) is 46.0. The third-order valence-corrected chi connectivity index (χ3v) is 26.6. The Balaban J connectivity index is 0.000000120. The fourth-order valence-corrected chi connectivity index (χ4v) is 19.3. The van der Waals surface area contributed by atoms with E-state index in [1.807, 2.05) is 151 Å². The Bertz CT molecular complexity index is 7230. The van der Waals surface area contributed by atoms with Gasteiger partial charge in [0.25, 0.3) is 47.8 Å². The van der Waals surface area contributed by atoms with Gasteiger partial charge in [-0.15, -0.1) is 0 Å². The van der Waals surface area contributed by atoms with Crippen LogP contribution in [0.1, 0.15) is 91.6 Å². The number of imidazole rings is 5. The van der Waals surface area contributed by atoms with E-state index in [2.05, 4.69) is 121 Å². The molecule has 0 spiro atoms. The quantitative estimate of drug-likeness (QED) is 0.0855. The van der Waals surface area contributed by atoms with Gasteiger partial charge in [-0.25, -0.2) is 51.2 Å². The molecular formula is C100H101N19O11S2. The minimum absolute atomic E-state index is 0.0316. The molecule has 2 aliphatic heterocycles. The molecule has 2 aliphatic rings. The van der Waals surface area contributed by atoms with Crippen molar-refractivity contribution < 1.29 is 26.3 Å². The third-order valence-electron chi connectivity index (χ3n) is 23.6. The molecule has 2 N–H and O–H groups in total. The second-order valence-corrected chi connectivity index (χ2v) is 36.9. The van der Waals surface area contributed by atoms with E-state index in [0.29, 0.717) is 61.7 Å². The predicted molar refractivity (Wildman–Crippen MR) is 510 cm³/mol. The first-order valence-electron chi connectivity index (χ1n) is 43.1. The van der Waals surface area contributed by atoms with E-state index in [0.717, 1.165) is 148 Å². The van der Waals surface area contributed by atoms with Crippen molar-refractivity contribution in [2.45, 2.75) is 110 Å². The molecule has 674 valence electrons. The summed E-state index contributed by atoms with van der Waals surface area (Å²) in [4.78, 5) is 90.9. The van der Waals surface area contributed by atoms with Gasteiger partial charge < -0.3 is 45.5 Å². The van der Waals surface area contributed by atoms with Crippen molar-refractivity contribution in [1.82, 2.24) is 89.2 Å². The van der Waals surface area contributed by atoms with Crippen LogP contribution in [0, 0.1) is 55.4 Å². The van der Waals surface area contributed by atoms with Gasteiger partial charge in [0.15, 0.2) is 10.1 Å². The van der Waals surface area contributed by atoms with Crippen LogP contribution >= 0.6 is 0 Å². The smallest absolute Gasteiger partial charge is 0.258 e. The Hall–Kier alpha value is -14.5. The fraction of sp³-hybridized carbons (Fsp3) is 0.240. The lowest BCUT2D eigenvalue weighted by Gasteiger charge is -2.12. The molecule has 2 unspecified atom stereocenters. The molecule has 0 saturated carbocycles. The van der Waals surface area contributed by atoms with E-state index in [4.69, 9.17) is 14.5 Å². The number of benzene rings is 1. The Labute approximate surface area is 761 Å². The van der Waals surface area contributed by atoms with E-state index in [1.165, 1.54) is 32.8 Å². The molecule has 132 heavy (non-hydrogen) atoms. The summed E-state index contributed by atoms with van der Waals surface area (Å²) in [5.41, 5.74) is 26.7. The highest BCUT2D eigenvalue weighted by atomic mass is 32.2. The monoisotopic (exact) mass is 1810 g/mol. The molecule has 0 bridgehead atoms. The summed E-state index contributed by atoms with van der Waals surface area (Å²) in [6.07, 6.45) is 30.7. The van der Waals surface area contributed by atoms with Gasteiger partial charge in [0.2, 0.25) is 0 Å². The van der Waals surface area contributed by atoms with Crippen LogP contribution in [-0.4, -0.2) is 135 Å². The average Bonchev–Trinajstić information content (AvgIpc) is 1.65. The van der Waals surface area contributed by atoms with Crippen molar-refractivity contribution in [3.63, 3.8) is 0 Å². The number of rotatable bonds is 17. The van der Waals surface area contributed by atoms with E-state index in [1.54, 1.807) is 127 Å². The maximum atomic E-state index is 12.8. The molecule has 30 nitrogen and oxygen atoms in total. The summed E-state index contributed by atoms with van der Waals surface area (Å²) in [6.45, 7) is 17.0. The number of ether oxygens (including phenoxy) is 2. The van der Waals surface area contributed by atoms with Gasteiger partial charge in [0.1, 0.15) is 28.2 Å². The molecule has 18 aromatic rings. The minimum atomic E-state index is -3.73. The number of fused-ring (bicyclic) bond motifs is 5. The highest BCUT2D eigenvalue weighted by Gasteiger charge is 2.29. The second kappa shape index (κ2) is 38.3. The number of hydrogen-bond acceptors (Lipinski definition) is 18. The van der Waals surface area contributed by atoms with Gasteiger partial charge in [-0.3, -0.25) is 42.7 Å². The zero-order valence-electron chi connectivity index (χ0n) is 75.5. The largest absolute Gasteiger partial charge is 0.380 e. The lowest BCUT2D eigenvalue weighted by molar-refractivity contribution is 0.192. The van der Waals surface area contributed by atoms with Crippen molar-refractivity contribution in [2.75, 3.05) is 26.4 Å². The normalized spacial score (nSPS) is 13.8.